The highest BCUT2D eigenvalue weighted by molar-refractivity contribution is 8.34. The molecule has 10 heavy (non-hydrogen) atoms. The van der Waals surface area contributed by atoms with Crippen molar-refractivity contribution in [1.82, 2.24) is 4.52 Å². The monoisotopic (exact) mass is 182 g/mol. The Labute approximate surface area is 60.9 Å². The molecule has 0 amide bonds. The molecular weight excluding hydrogens is 180 g/mol. The molecule has 0 spiro atoms. The topological polar surface area (TPSA) is 113 Å². The summed E-state index contributed by atoms with van der Waals surface area (Å²) in [6.45, 7) is 0. The van der Waals surface area contributed by atoms with Crippen molar-refractivity contribution in [2.45, 2.75) is 0 Å². The lowest BCUT2D eigenvalue weighted by atomic mass is 11.8. The van der Waals surface area contributed by atoms with Gasteiger partial charge in [-0.05, 0) is 0 Å². The van der Waals surface area contributed by atoms with Crippen molar-refractivity contribution in [3.8, 4) is 5.40 Å². The van der Waals surface area contributed by atoms with E-state index in [0.29, 0.717) is 0 Å². The number of nitro groups is 1. The Kier molecular flexibility index (Phi) is 2.47. The fourth-order valence-electron chi connectivity index (χ4n) is 0.130. The number of nitrogens with zero attached hydrogens (tertiary/aromatic N) is 3. The van der Waals surface area contributed by atoms with E-state index in [1.54, 1.807) is 0 Å². The lowest BCUT2D eigenvalue weighted by Gasteiger charge is -2.01. The number of hydrogen-bond donors (Lipinski definition) is 1. The van der Waals surface area contributed by atoms with Gasteiger partial charge in [0.1, 0.15) is 0 Å². The zero-order chi connectivity index (χ0) is 8.36. The second-order valence-electron chi connectivity index (χ2n) is 1.11. The summed E-state index contributed by atoms with van der Waals surface area (Å²) < 4.78 is 10.1. The van der Waals surface area contributed by atoms with Crippen LogP contribution in [0.2, 0.25) is 0 Å². The van der Waals surface area contributed by atoms with E-state index >= 15 is 0 Å². The largest absolute Gasteiger partial charge is 0.276 e. The molecule has 0 radical (unpaired) electrons. The van der Waals surface area contributed by atoms with Crippen LogP contribution in [0.15, 0.2) is 0 Å². The predicted octanol–water partition coefficient (Wildman–Crippen LogP) is -1.50. The fourth-order valence-corrected chi connectivity index (χ4v) is 0.552. The Hall–Kier alpha value is -0.980. The zero-order valence-electron chi connectivity index (χ0n) is 4.46. The highest BCUT2D eigenvalue weighted by Crippen LogP contribution is 1.91. The zero-order valence-corrected chi connectivity index (χ0v) is 6.09. The minimum absolute atomic E-state index is 0.387. The summed E-state index contributed by atoms with van der Waals surface area (Å²) in [7, 11) is -3.75. The molecule has 2 N–H and O–H groups in total. The van der Waals surface area contributed by atoms with Gasteiger partial charge in [-0.1, -0.05) is 0 Å². The van der Waals surface area contributed by atoms with Crippen LogP contribution < -0.4 is 5.84 Å². The molecule has 1 atom stereocenters. The van der Waals surface area contributed by atoms with Gasteiger partial charge in [-0.15, -0.1) is 0 Å². The molecule has 0 aliphatic heterocycles. The Balaban J connectivity index is 4.73. The van der Waals surface area contributed by atoms with Crippen LogP contribution in [0.1, 0.15) is 0 Å². The Morgan fingerprint density at radius 2 is 2.30 bits per heavy atom. The number of thiocyanates is 1. The number of hydrogen-bond acceptors (Lipinski definition) is 6. The third-order valence-corrected chi connectivity index (χ3v) is 2.06. The Morgan fingerprint density at radius 3 is 2.40 bits per heavy atom. The number of rotatable bonds is 2. The Bertz CT molecular complexity index is 273. The molecule has 0 aromatic carbocycles. The third kappa shape index (κ3) is 1.76. The first-order valence-corrected chi connectivity index (χ1v) is 4.21. The van der Waals surface area contributed by atoms with Crippen LogP contribution in [0, 0.1) is 20.8 Å². The van der Waals surface area contributed by atoms with Crippen LogP contribution in [0.4, 0.5) is 0 Å². The van der Waals surface area contributed by atoms with E-state index in [9.17, 15) is 14.3 Å². The van der Waals surface area contributed by atoms with E-state index in [1.807, 2.05) is 0 Å². The first kappa shape index (κ1) is 9.02. The van der Waals surface area contributed by atoms with Crippen LogP contribution in [0.3, 0.4) is 0 Å². The first-order valence-electron chi connectivity index (χ1n) is 1.77. The second-order valence-corrected chi connectivity index (χ2v) is 3.97. The molecule has 0 aromatic heterocycles. The van der Waals surface area contributed by atoms with Crippen molar-refractivity contribution in [3.05, 3.63) is 10.1 Å². The van der Waals surface area contributed by atoms with Gasteiger partial charge in [-0.2, -0.15) is 11.1 Å². The van der Waals surface area contributed by atoms with E-state index in [-0.39, 0.29) is 4.52 Å². The average Bonchev–Trinajstić information content (AvgIpc) is 1.86. The summed E-state index contributed by atoms with van der Waals surface area (Å²) in [5.74, 6) is 4.54. The second kappa shape index (κ2) is 2.74. The summed E-state index contributed by atoms with van der Waals surface area (Å²) in [4.78, 5) is 9.71. The molecule has 0 saturated carbocycles. The minimum Gasteiger partial charge on any atom is -0.233 e. The van der Waals surface area contributed by atoms with Crippen molar-refractivity contribution in [3.63, 3.8) is 0 Å². The van der Waals surface area contributed by atoms with Gasteiger partial charge in [0.05, 0.1) is 0 Å². The van der Waals surface area contributed by atoms with E-state index in [1.165, 1.54) is 0 Å². The van der Waals surface area contributed by atoms with Crippen molar-refractivity contribution < 1.29 is 9.24 Å². The standard InChI is InChI=1S/CH2N4O3S2/c2-1-10(8,9)4(3)5(6)7/h3H2. The van der Waals surface area contributed by atoms with Gasteiger partial charge < -0.3 is 0 Å². The van der Waals surface area contributed by atoms with Crippen LogP contribution in [-0.2, 0) is 19.9 Å². The lowest BCUT2D eigenvalue weighted by molar-refractivity contribution is -0.621. The molecule has 0 aliphatic rings. The SMILES string of the molecule is N#CS(=O)(=S)N(N)[N+](=O)[O-]. The smallest absolute Gasteiger partial charge is 0.233 e. The molecule has 7 nitrogen and oxygen atoms in total. The maximum atomic E-state index is 10.5. The maximum absolute atomic E-state index is 10.5. The highest BCUT2D eigenvalue weighted by atomic mass is 32.8. The normalized spacial score (nSPS) is 14.8. The number of nitrogens with two attached hydrogens (primary N) is 1. The highest BCUT2D eigenvalue weighted by Gasteiger charge is 2.22. The van der Waals surface area contributed by atoms with Crippen LogP contribution in [0.5, 0.6) is 0 Å². The third-order valence-electron chi connectivity index (χ3n) is 0.523. The Morgan fingerprint density at radius 1 is 1.90 bits per heavy atom. The van der Waals surface area contributed by atoms with E-state index in [2.05, 4.69) is 17.0 Å². The molecule has 9 heteroatoms. The molecule has 0 aromatic rings. The summed E-state index contributed by atoms with van der Waals surface area (Å²) in [6.07, 6.45) is 0. The molecule has 0 saturated heterocycles. The maximum Gasteiger partial charge on any atom is 0.276 e. The summed E-state index contributed by atoms with van der Waals surface area (Å²) in [5, 5.41) is 17.5. The van der Waals surface area contributed by atoms with E-state index in [4.69, 9.17) is 5.26 Å². The molecule has 0 bridgehead atoms. The van der Waals surface area contributed by atoms with Gasteiger partial charge >= 0.3 is 0 Å². The average molecular weight is 182 g/mol. The molecule has 1 unspecified atom stereocenters. The summed E-state index contributed by atoms with van der Waals surface area (Å²) >= 11 is 3.97. The van der Waals surface area contributed by atoms with Crippen LogP contribution >= 0.6 is 0 Å². The van der Waals surface area contributed by atoms with E-state index < -0.39 is 13.7 Å². The minimum atomic E-state index is -3.75. The quantitative estimate of drug-likeness (QED) is 0.240. The summed E-state index contributed by atoms with van der Waals surface area (Å²) in [5.41, 5.74) is 0. The molecule has 0 heterocycles. The molecular formula is CH2N4O3S2. The number of hydrazine groups is 2. The lowest BCUT2D eigenvalue weighted by Crippen LogP contribution is -2.40. The first-order chi connectivity index (χ1) is 4.41. The summed E-state index contributed by atoms with van der Waals surface area (Å²) in [6, 6.07) is 0. The molecule has 0 aliphatic carbocycles. The molecule has 0 rings (SSSR count). The molecule has 56 valence electrons. The van der Waals surface area contributed by atoms with Crippen molar-refractivity contribution >= 4 is 19.9 Å². The van der Waals surface area contributed by atoms with Crippen molar-refractivity contribution in [1.29, 1.82) is 5.26 Å². The van der Waals surface area contributed by atoms with Gasteiger partial charge in [0.2, 0.25) is 0 Å². The predicted molar refractivity (Wildman–Crippen MR) is 34.1 cm³/mol. The van der Waals surface area contributed by atoms with Gasteiger partial charge in [0, 0.05) is 15.7 Å². The van der Waals surface area contributed by atoms with Crippen molar-refractivity contribution in [2.24, 2.45) is 5.84 Å². The number of nitriles is 1. The van der Waals surface area contributed by atoms with Gasteiger partial charge in [-0.3, -0.25) is 0 Å². The van der Waals surface area contributed by atoms with Gasteiger partial charge in [0.15, 0.2) is 10.4 Å². The van der Waals surface area contributed by atoms with Gasteiger partial charge in [0.25, 0.3) is 8.68 Å². The van der Waals surface area contributed by atoms with E-state index in [0.717, 1.165) is 5.40 Å². The van der Waals surface area contributed by atoms with Crippen molar-refractivity contribution in [2.75, 3.05) is 0 Å². The van der Waals surface area contributed by atoms with Crippen LogP contribution in [0.25, 0.3) is 0 Å². The van der Waals surface area contributed by atoms with Crippen LogP contribution in [-0.4, -0.2) is 13.8 Å². The fraction of sp³-hybridized carbons (Fsp3) is 0. The van der Waals surface area contributed by atoms with Gasteiger partial charge in [-0.25, -0.2) is 14.3 Å². The molecule has 0 fully saturated rings.